The van der Waals surface area contributed by atoms with Crippen LogP contribution in [0.1, 0.15) is 10.5 Å². The molecule has 3 aromatic rings. The van der Waals surface area contributed by atoms with Crippen LogP contribution in [-0.4, -0.2) is 25.2 Å². The highest BCUT2D eigenvalue weighted by Crippen LogP contribution is 2.32. The van der Waals surface area contributed by atoms with Crippen molar-refractivity contribution in [2.75, 3.05) is 19.5 Å². The Morgan fingerprint density at radius 3 is 2.62 bits per heavy atom. The minimum absolute atomic E-state index is 0.194. The van der Waals surface area contributed by atoms with E-state index in [4.69, 9.17) is 21.1 Å². The van der Waals surface area contributed by atoms with Crippen molar-refractivity contribution in [3.63, 3.8) is 0 Å². The van der Waals surface area contributed by atoms with Crippen molar-refractivity contribution in [3.8, 4) is 5.75 Å². The van der Waals surface area contributed by atoms with Gasteiger partial charge in [-0.25, -0.2) is 9.78 Å². The molecule has 3 rings (SSSR count). The van der Waals surface area contributed by atoms with Crippen LogP contribution in [0.4, 0.5) is 11.4 Å². The van der Waals surface area contributed by atoms with Gasteiger partial charge in [0.15, 0.2) is 5.69 Å². The van der Waals surface area contributed by atoms with Crippen molar-refractivity contribution in [2.45, 2.75) is 0 Å². The number of hydrogen-bond donors (Lipinski definition) is 1. The first-order chi connectivity index (χ1) is 11.6. The number of para-hydroxylation sites is 1. The molecular weight excluding hydrogens is 328 g/mol. The third-order valence-corrected chi connectivity index (χ3v) is 3.76. The third-order valence-electron chi connectivity index (χ3n) is 3.52. The molecular formula is C18H15ClN2O3. The summed E-state index contributed by atoms with van der Waals surface area (Å²) in [7, 11) is 2.88. The summed E-state index contributed by atoms with van der Waals surface area (Å²) in [5, 5.41) is 4.71. The van der Waals surface area contributed by atoms with Gasteiger partial charge in [-0.15, -0.1) is 0 Å². The molecule has 0 aliphatic rings. The highest BCUT2D eigenvalue weighted by molar-refractivity contribution is 6.30. The van der Waals surface area contributed by atoms with E-state index in [9.17, 15) is 4.79 Å². The summed E-state index contributed by atoms with van der Waals surface area (Å²) in [6.07, 6.45) is 0. The second-order valence-corrected chi connectivity index (χ2v) is 5.47. The number of carbonyl (C=O) groups is 1. The van der Waals surface area contributed by atoms with Crippen LogP contribution in [0.25, 0.3) is 10.9 Å². The average Bonchev–Trinajstić information content (AvgIpc) is 2.60. The van der Waals surface area contributed by atoms with E-state index in [1.165, 1.54) is 7.11 Å². The van der Waals surface area contributed by atoms with Crippen molar-refractivity contribution in [2.24, 2.45) is 0 Å². The standard InChI is InChI=1S/C18H15ClN2O3/c1-23-16-8-4-7-13-14(20-12-6-3-5-11(19)9-12)10-15(18(22)24-2)21-17(13)16/h3-10H,1-2H3,(H,20,21). The molecule has 1 N–H and O–H groups in total. The number of methoxy groups -OCH3 is 2. The second-order valence-electron chi connectivity index (χ2n) is 5.04. The molecule has 0 atom stereocenters. The van der Waals surface area contributed by atoms with Gasteiger partial charge in [-0.1, -0.05) is 29.8 Å². The van der Waals surface area contributed by atoms with Crippen molar-refractivity contribution < 1.29 is 14.3 Å². The summed E-state index contributed by atoms with van der Waals surface area (Å²) in [6, 6.07) is 14.5. The van der Waals surface area contributed by atoms with Gasteiger partial charge in [-0.3, -0.25) is 0 Å². The van der Waals surface area contributed by atoms with Gasteiger partial charge in [0.25, 0.3) is 0 Å². The molecule has 2 aromatic carbocycles. The fourth-order valence-electron chi connectivity index (χ4n) is 2.42. The number of hydrogen-bond acceptors (Lipinski definition) is 5. The van der Waals surface area contributed by atoms with Gasteiger partial charge in [-0.05, 0) is 30.3 Å². The fourth-order valence-corrected chi connectivity index (χ4v) is 2.61. The van der Waals surface area contributed by atoms with Crippen LogP contribution in [0.2, 0.25) is 5.02 Å². The van der Waals surface area contributed by atoms with Crippen LogP contribution in [-0.2, 0) is 4.74 Å². The Kier molecular flexibility index (Phi) is 4.53. The number of nitrogens with zero attached hydrogens (tertiary/aromatic N) is 1. The highest BCUT2D eigenvalue weighted by atomic mass is 35.5. The van der Waals surface area contributed by atoms with Crippen LogP contribution >= 0.6 is 11.6 Å². The largest absolute Gasteiger partial charge is 0.494 e. The molecule has 122 valence electrons. The number of halogens is 1. The first-order valence-corrected chi connectivity index (χ1v) is 7.59. The maximum Gasteiger partial charge on any atom is 0.356 e. The summed E-state index contributed by atoms with van der Waals surface area (Å²) in [4.78, 5) is 16.3. The zero-order valence-electron chi connectivity index (χ0n) is 13.2. The van der Waals surface area contributed by atoms with E-state index in [2.05, 4.69) is 10.3 Å². The summed E-state index contributed by atoms with van der Waals surface area (Å²) in [5.41, 5.74) is 2.28. The lowest BCUT2D eigenvalue weighted by Gasteiger charge is -2.13. The molecule has 0 fully saturated rings. The number of fused-ring (bicyclic) bond motifs is 1. The van der Waals surface area contributed by atoms with Crippen molar-refractivity contribution in [1.82, 2.24) is 4.98 Å². The lowest BCUT2D eigenvalue weighted by molar-refractivity contribution is 0.0594. The Labute approximate surface area is 144 Å². The minimum Gasteiger partial charge on any atom is -0.494 e. The third kappa shape index (κ3) is 3.12. The van der Waals surface area contributed by atoms with E-state index in [0.717, 1.165) is 11.1 Å². The fraction of sp³-hybridized carbons (Fsp3) is 0.111. The molecule has 5 nitrogen and oxygen atoms in total. The molecule has 0 saturated carbocycles. The molecule has 1 aromatic heterocycles. The van der Waals surface area contributed by atoms with Crippen molar-refractivity contribution >= 4 is 39.8 Å². The molecule has 0 radical (unpaired) electrons. The molecule has 0 spiro atoms. The van der Waals surface area contributed by atoms with Crippen molar-refractivity contribution in [1.29, 1.82) is 0 Å². The first-order valence-electron chi connectivity index (χ1n) is 7.21. The zero-order chi connectivity index (χ0) is 17.1. The van der Waals surface area contributed by atoms with Crippen molar-refractivity contribution in [3.05, 3.63) is 59.2 Å². The van der Waals surface area contributed by atoms with Gasteiger partial charge in [-0.2, -0.15) is 0 Å². The number of nitrogens with one attached hydrogen (secondary N) is 1. The van der Waals surface area contributed by atoms with Crippen LogP contribution in [0.3, 0.4) is 0 Å². The minimum atomic E-state index is -0.517. The Balaban J connectivity index is 2.19. The van der Waals surface area contributed by atoms with Gasteiger partial charge < -0.3 is 14.8 Å². The number of rotatable bonds is 4. The van der Waals surface area contributed by atoms with Crippen LogP contribution in [0.5, 0.6) is 5.75 Å². The Morgan fingerprint density at radius 2 is 1.92 bits per heavy atom. The quantitative estimate of drug-likeness (QED) is 0.711. The maximum absolute atomic E-state index is 11.9. The molecule has 0 saturated heterocycles. The van der Waals surface area contributed by atoms with Gasteiger partial charge in [0.1, 0.15) is 11.3 Å². The number of carbonyl (C=O) groups excluding carboxylic acids is 1. The maximum atomic E-state index is 11.9. The second kappa shape index (κ2) is 6.76. The average molecular weight is 343 g/mol. The van der Waals surface area contributed by atoms with Gasteiger partial charge in [0.05, 0.1) is 19.9 Å². The Hall–Kier alpha value is -2.79. The van der Waals surface area contributed by atoms with E-state index in [1.807, 2.05) is 24.3 Å². The zero-order valence-corrected chi connectivity index (χ0v) is 13.9. The van der Waals surface area contributed by atoms with E-state index in [-0.39, 0.29) is 5.69 Å². The van der Waals surface area contributed by atoms with E-state index in [0.29, 0.717) is 22.0 Å². The normalized spacial score (nSPS) is 10.5. The predicted molar refractivity (Wildman–Crippen MR) is 94.4 cm³/mol. The molecule has 0 unspecified atom stereocenters. The summed E-state index contributed by atoms with van der Waals surface area (Å²) in [6.45, 7) is 0. The number of aromatic nitrogens is 1. The monoisotopic (exact) mass is 342 g/mol. The number of anilines is 2. The van der Waals surface area contributed by atoms with Gasteiger partial charge >= 0.3 is 5.97 Å². The summed E-state index contributed by atoms with van der Waals surface area (Å²) < 4.78 is 10.1. The molecule has 0 bridgehead atoms. The number of benzene rings is 2. The highest BCUT2D eigenvalue weighted by Gasteiger charge is 2.15. The molecule has 24 heavy (non-hydrogen) atoms. The SMILES string of the molecule is COC(=O)c1cc(Nc2cccc(Cl)c2)c2cccc(OC)c2n1. The predicted octanol–water partition coefficient (Wildman–Crippen LogP) is 4.43. The Bertz CT molecular complexity index is 912. The van der Waals surface area contributed by atoms with Gasteiger partial charge in [0, 0.05) is 16.1 Å². The lowest BCUT2D eigenvalue weighted by Crippen LogP contribution is -2.06. The summed E-state index contributed by atoms with van der Waals surface area (Å²) in [5.74, 6) is 0.0596. The number of ether oxygens (including phenoxy) is 2. The topological polar surface area (TPSA) is 60.5 Å². The Morgan fingerprint density at radius 1 is 1.12 bits per heavy atom. The van der Waals surface area contributed by atoms with E-state index < -0.39 is 5.97 Å². The van der Waals surface area contributed by atoms with Crippen LogP contribution in [0, 0.1) is 0 Å². The molecule has 1 heterocycles. The van der Waals surface area contributed by atoms with Crippen LogP contribution in [0.15, 0.2) is 48.5 Å². The van der Waals surface area contributed by atoms with E-state index in [1.54, 1.807) is 31.4 Å². The van der Waals surface area contributed by atoms with E-state index >= 15 is 0 Å². The number of esters is 1. The smallest absolute Gasteiger partial charge is 0.356 e. The first kappa shape index (κ1) is 16.1. The molecule has 0 amide bonds. The van der Waals surface area contributed by atoms with Gasteiger partial charge in [0.2, 0.25) is 0 Å². The molecule has 0 aliphatic carbocycles. The molecule has 6 heteroatoms. The summed E-state index contributed by atoms with van der Waals surface area (Å²) >= 11 is 6.03. The molecule has 0 aliphatic heterocycles. The lowest BCUT2D eigenvalue weighted by atomic mass is 10.1. The van der Waals surface area contributed by atoms with Crippen LogP contribution < -0.4 is 10.1 Å². The number of pyridine rings is 1.